The summed E-state index contributed by atoms with van der Waals surface area (Å²) < 4.78 is 13.2. The number of carbonyl (C=O) groups is 1. The number of nitrogens with one attached hydrogen (secondary N) is 1. The van der Waals surface area contributed by atoms with Gasteiger partial charge in [0.15, 0.2) is 0 Å². The highest BCUT2D eigenvalue weighted by Gasteiger charge is 2.59. The molecule has 4 rings (SSSR count). The predicted molar refractivity (Wildman–Crippen MR) is 87.3 cm³/mol. The van der Waals surface area contributed by atoms with Crippen LogP contribution in [0.25, 0.3) is 0 Å². The number of carbonyl (C=O) groups excluding carboxylic acids is 1. The van der Waals surface area contributed by atoms with Gasteiger partial charge < -0.3 is 10.2 Å². The van der Waals surface area contributed by atoms with Gasteiger partial charge in [-0.15, -0.1) is 0 Å². The predicted octanol–water partition coefficient (Wildman–Crippen LogP) is 3.27. The van der Waals surface area contributed by atoms with Gasteiger partial charge in [-0.3, -0.25) is 4.79 Å². The summed E-state index contributed by atoms with van der Waals surface area (Å²) in [5.74, 6) is 0.366. The third kappa shape index (κ3) is 2.78. The van der Waals surface area contributed by atoms with Crippen molar-refractivity contribution >= 4 is 5.91 Å². The molecule has 2 unspecified atom stereocenters. The summed E-state index contributed by atoms with van der Waals surface area (Å²) >= 11 is 0. The van der Waals surface area contributed by atoms with Crippen LogP contribution in [0.15, 0.2) is 24.3 Å². The summed E-state index contributed by atoms with van der Waals surface area (Å²) in [6, 6.07) is 6.85. The Bertz CT molecular complexity index is 580. The van der Waals surface area contributed by atoms with Crippen molar-refractivity contribution in [3.63, 3.8) is 0 Å². The average Bonchev–Trinajstić information content (AvgIpc) is 3.28. The van der Waals surface area contributed by atoms with Gasteiger partial charge in [0.05, 0.1) is 6.04 Å². The zero-order valence-corrected chi connectivity index (χ0v) is 13.6. The summed E-state index contributed by atoms with van der Waals surface area (Å²) in [4.78, 5) is 15.2. The molecule has 1 spiro atoms. The second kappa shape index (κ2) is 5.90. The number of benzene rings is 1. The molecule has 3 fully saturated rings. The van der Waals surface area contributed by atoms with E-state index < -0.39 is 0 Å². The van der Waals surface area contributed by atoms with Crippen molar-refractivity contribution in [3.05, 3.63) is 35.6 Å². The minimum absolute atomic E-state index is 0.135. The first-order valence-electron chi connectivity index (χ1n) is 8.96. The van der Waals surface area contributed by atoms with Crippen molar-refractivity contribution in [2.24, 2.45) is 11.3 Å². The fourth-order valence-corrected chi connectivity index (χ4v) is 4.60. The molecule has 4 heteroatoms. The van der Waals surface area contributed by atoms with E-state index in [4.69, 9.17) is 0 Å². The molecule has 0 aromatic heterocycles. The first kappa shape index (κ1) is 15.1. The molecule has 124 valence electrons. The topological polar surface area (TPSA) is 32.3 Å². The number of halogens is 1. The Morgan fingerprint density at radius 2 is 1.91 bits per heavy atom. The third-order valence-electron chi connectivity index (χ3n) is 6.13. The fourth-order valence-electron chi connectivity index (χ4n) is 4.60. The molecule has 23 heavy (non-hydrogen) atoms. The molecule has 2 aliphatic heterocycles. The molecular formula is C19H25FN2O. The fraction of sp³-hybridized carbons (Fsp3) is 0.632. The molecule has 1 amide bonds. The van der Waals surface area contributed by atoms with E-state index in [0.717, 1.165) is 63.7 Å². The molecule has 3 nitrogen and oxygen atoms in total. The highest BCUT2D eigenvalue weighted by atomic mass is 19.1. The van der Waals surface area contributed by atoms with Gasteiger partial charge in [0, 0.05) is 12.5 Å². The van der Waals surface area contributed by atoms with Gasteiger partial charge in [-0.1, -0.05) is 12.1 Å². The van der Waals surface area contributed by atoms with Crippen molar-refractivity contribution in [2.75, 3.05) is 19.6 Å². The quantitative estimate of drug-likeness (QED) is 0.908. The van der Waals surface area contributed by atoms with Crippen LogP contribution in [0, 0.1) is 17.2 Å². The zero-order chi connectivity index (χ0) is 15.9. The SMILES string of the molecule is O=C(C1CC12CCNCC2)N1CCCCC1c1ccc(F)cc1. The summed E-state index contributed by atoms with van der Waals surface area (Å²) in [5, 5.41) is 3.40. The van der Waals surface area contributed by atoms with Crippen LogP contribution in [-0.2, 0) is 4.79 Å². The van der Waals surface area contributed by atoms with E-state index in [0.29, 0.717) is 5.91 Å². The molecule has 3 aliphatic rings. The van der Waals surface area contributed by atoms with Crippen LogP contribution in [-0.4, -0.2) is 30.4 Å². The van der Waals surface area contributed by atoms with Crippen molar-refractivity contribution < 1.29 is 9.18 Å². The van der Waals surface area contributed by atoms with E-state index in [1.807, 2.05) is 12.1 Å². The van der Waals surface area contributed by atoms with E-state index in [1.165, 1.54) is 12.1 Å². The third-order valence-corrected chi connectivity index (χ3v) is 6.13. The average molecular weight is 316 g/mol. The van der Waals surface area contributed by atoms with Crippen LogP contribution in [0.3, 0.4) is 0 Å². The Kier molecular flexibility index (Phi) is 3.88. The number of hydrogen-bond acceptors (Lipinski definition) is 2. The van der Waals surface area contributed by atoms with E-state index >= 15 is 0 Å². The Morgan fingerprint density at radius 3 is 2.65 bits per heavy atom. The van der Waals surface area contributed by atoms with Gasteiger partial charge in [-0.05, 0) is 74.7 Å². The lowest BCUT2D eigenvalue weighted by Gasteiger charge is -2.37. The van der Waals surface area contributed by atoms with Crippen LogP contribution >= 0.6 is 0 Å². The Hall–Kier alpha value is -1.42. The Morgan fingerprint density at radius 1 is 1.17 bits per heavy atom. The molecule has 2 heterocycles. The summed E-state index contributed by atoms with van der Waals surface area (Å²) in [6.07, 6.45) is 6.58. The molecule has 2 saturated heterocycles. The van der Waals surface area contributed by atoms with Gasteiger partial charge in [-0.25, -0.2) is 4.39 Å². The maximum Gasteiger partial charge on any atom is 0.226 e. The molecule has 1 saturated carbocycles. The van der Waals surface area contributed by atoms with Gasteiger partial charge >= 0.3 is 0 Å². The Balaban J connectivity index is 1.51. The summed E-state index contributed by atoms with van der Waals surface area (Å²) in [7, 11) is 0. The number of nitrogens with zero attached hydrogens (tertiary/aromatic N) is 1. The summed E-state index contributed by atoms with van der Waals surface area (Å²) in [6.45, 7) is 2.95. The lowest BCUT2D eigenvalue weighted by atomic mass is 9.90. The van der Waals surface area contributed by atoms with Gasteiger partial charge in [-0.2, -0.15) is 0 Å². The number of piperidine rings is 2. The van der Waals surface area contributed by atoms with Crippen molar-refractivity contribution in [2.45, 2.75) is 44.6 Å². The number of rotatable bonds is 2. The number of hydrogen-bond donors (Lipinski definition) is 1. The van der Waals surface area contributed by atoms with Crippen molar-refractivity contribution in [1.82, 2.24) is 10.2 Å². The van der Waals surface area contributed by atoms with E-state index in [-0.39, 0.29) is 23.2 Å². The van der Waals surface area contributed by atoms with E-state index in [9.17, 15) is 9.18 Å². The zero-order valence-electron chi connectivity index (χ0n) is 13.6. The minimum Gasteiger partial charge on any atom is -0.335 e. The lowest BCUT2D eigenvalue weighted by Crippen LogP contribution is -2.41. The molecule has 1 aliphatic carbocycles. The lowest BCUT2D eigenvalue weighted by molar-refractivity contribution is -0.137. The van der Waals surface area contributed by atoms with E-state index in [1.54, 1.807) is 0 Å². The monoisotopic (exact) mass is 316 g/mol. The van der Waals surface area contributed by atoms with E-state index in [2.05, 4.69) is 10.2 Å². The maximum atomic E-state index is 13.2. The van der Waals surface area contributed by atoms with Crippen LogP contribution in [0.2, 0.25) is 0 Å². The van der Waals surface area contributed by atoms with Crippen LogP contribution in [0.4, 0.5) is 4.39 Å². The number of likely N-dealkylation sites (tertiary alicyclic amines) is 1. The molecular weight excluding hydrogens is 291 g/mol. The molecule has 2 atom stereocenters. The first-order chi connectivity index (χ1) is 11.2. The number of amides is 1. The second-order valence-corrected chi connectivity index (χ2v) is 7.46. The Labute approximate surface area is 137 Å². The molecule has 1 N–H and O–H groups in total. The smallest absolute Gasteiger partial charge is 0.226 e. The minimum atomic E-state index is -0.210. The molecule has 0 radical (unpaired) electrons. The summed E-state index contributed by atoms with van der Waals surface area (Å²) in [5.41, 5.74) is 1.37. The van der Waals surface area contributed by atoms with Gasteiger partial charge in [0.1, 0.15) is 5.82 Å². The first-order valence-corrected chi connectivity index (χ1v) is 8.96. The van der Waals surface area contributed by atoms with Crippen LogP contribution in [0.5, 0.6) is 0 Å². The second-order valence-electron chi connectivity index (χ2n) is 7.46. The standard InChI is InChI=1S/C19H25FN2O/c20-15-6-4-14(5-7-15)17-3-1-2-12-22(17)18(23)16-13-19(16)8-10-21-11-9-19/h4-7,16-17,21H,1-3,8-13H2. The highest BCUT2D eigenvalue weighted by Crippen LogP contribution is 2.59. The van der Waals surface area contributed by atoms with Crippen LogP contribution in [0.1, 0.15) is 50.1 Å². The highest BCUT2D eigenvalue weighted by molar-refractivity contribution is 5.83. The van der Waals surface area contributed by atoms with Crippen molar-refractivity contribution in [3.8, 4) is 0 Å². The van der Waals surface area contributed by atoms with Crippen LogP contribution < -0.4 is 5.32 Å². The molecule has 0 bridgehead atoms. The molecule has 1 aromatic rings. The maximum absolute atomic E-state index is 13.2. The largest absolute Gasteiger partial charge is 0.335 e. The van der Waals surface area contributed by atoms with Gasteiger partial charge in [0.25, 0.3) is 0 Å². The molecule has 1 aromatic carbocycles. The normalized spacial score (nSPS) is 29.5. The van der Waals surface area contributed by atoms with Gasteiger partial charge in [0.2, 0.25) is 5.91 Å². The van der Waals surface area contributed by atoms with Crippen molar-refractivity contribution in [1.29, 1.82) is 0 Å².